The minimum atomic E-state index is -4.25. The Bertz CT molecular complexity index is 847. The van der Waals surface area contributed by atoms with Crippen molar-refractivity contribution < 1.29 is 26.5 Å². The molecular weight excluding hydrogens is 345 g/mol. The number of rotatable bonds is 5. The highest BCUT2D eigenvalue weighted by atomic mass is 35.5. The van der Waals surface area contributed by atoms with Crippen molar-refractivity contribution in [2.24, 2.45) is 0 Å². The van der Waals surface area contributed by atoms with Crippen molar-refractivity contribution in [1.29, 1.82) is 0 Å². The van der Waals surface area contributed by atoms with Crippen molar-refractivity contribution in [2.75, 3.05) is 11.3 Å². The summed E-state index contributed by atoms with van der Waals surface area (Å²) in [4.78, 5) is 12.0. The highest BCUT2D eigenvalue weighted by Gasteiger charge is 2.35. The van der Waals surface area contributed by atoms with E-state index in [0.29, 0.717) is 12.8 Å². The van der Waals surface area contributed by atoms with E-state index in [1.54, 1.807) is 6.92 Å². The van der Waals surface area contributed by atoms with Gasteiger partial charge in [-0.15, -0.1) is 0 Å². The lowest BCUT2D eigenvalue weighted by molar-refractivity contribution is -0.138. The first-order valence-corrected chi connectivity index (χ1v) is 8.87. The number of hydrogen-bond acceptors (Lipinski definition) is 4. The van der Waals surface area contributed by atoms with E-state index in [1.807, 2.05) is 0 Å². The number of benzene rings is 1. The third-order valence-corrected chi connectivity index (χ3v) is 5.26. The summed E-state index contributed by atoms with van der Waals surface area (Å²) in [6.07, 6.45) is 2.68. The maximum absolute atomic E-state index is 13.6. The molecule has 0 fully saturated rings. The summed E-state index contributed by atoms with van der Waals surface area (Å²) >= 11 is 5.81. The lowest BCUT2D eigenvalue weighted by Gasteiger charge is -2.24. The zero-order chi connectivity index (χ0) is 19.6. The van der Waals surface area contributed by atoms with Gasteiger partial charge in [-0.25, -0.2) is 17.6 Å². The average Bonchev–Trinajstić information content (AvgIpc) is 2.62. The average molecular weight is 365 g/mol. The Morgan fingerprint density at radius 2 is 2.30 bits per heavy atom. The summed E-state index contributed by atoms with van der Waals surface area (Å²) < 4.78 is 68.8. The molecule has 5 nitrogen and oxygen atoms in total. The van der Waals surface area contributed by atoms with Gasteiger partial charge in [0.2, 0.25) is 10.0 Å². The smallest absolute Gasteiger partial charge is 0.335 e. The first-order chi connectivity index (χ1) is 12.1. The number of nitrogens with one attached hydrogen (secondary N) is 1. The van der Waals surface area contributed by atoms with E-state index < -0.39 is 55.9 Å². The fraction of sp³-hybridized carbons (Fsp3) is 0.400. The van der Waals surface area contributed by atoms with E-state index in [4.69, 9.17) is 20.5 Å². The Labute approximate surface area is 143 Å². The topological polar surface area (TPSA) is 72.5 Å². The van der Waals surface area contributed by atoms with E-state index >= 15 is 0 Å². The Morgan fingerprint density at radius 3 is 3.00 bits per heavy atom. The molecule has 1 aliphatic carbocycles. The van der Waals surface area contributed by atoms with Gasteiger partial charge in [0.15, 0.2) is 0 Å². The van der Waals surface area contributed by atoms with Gasteiger partial charge in [0.05, 0.1) is 27.0 Å². The summed E-state index contributed by atoms with van der Waals surface area (Å²) in [5.74, 6) is -2.06. The molecular formula is C15H17ClFNO4S. The molecule has 23 heavy (non-hydrogen) atoms. The Kier molecular flexibility index (Phi) is 4.39. The standard InChI is InChI=1S/C15H17ClFNO4S/c1-2-22-15(19)11-5-3-4-6-14(11)23(20,21)18-13-8-7-10(17)9-12(13)16/h5,7-9,14,18H,2-4,6H2,1H3/t14-/m1/s1/i7D,8D,9D. The number of hydrogen-bond donors (Lipinski definition) is 1. The van der Waals surface area contributed by atoms with Crippen molar-refractivity contribution in [3.05, 3.63) is 40.6 Å². The van der Waals surface area contributed by atoms with Gasteiger partial charge in [-0.2, -0.15) is 0 Å². The first-order valence-electron chi connectivity index (χ1n) is 8.45. The molecule has 1 N–H and O–H groups in total. The molecule has 1 atom stereocenters. The number of halogens is 2. The Balaban J connectivity index is 2.45. The predicted molar refractivity (Wildman–Crippen MR) is 86.3 cm³/mol. The van der Waals surface area contributed by atoms with Gasteiger partial charge in [0, 0.05) is 0 Å². The van der Waals surface area contributed by atoms with Crippen LogP contribution in [0.2, 0.25) is 5.02 Å². The monoisotopic (exact) mass is 364 g/mol. The van der Waals surface area contributed by atoms with E-state index in [2.05, 4.69) is 4.72 Å². The molecule has 0 saturated heterocycles. The van der Waals surface area contributed by atoms with Gasteiger partial charge < -0.3 is 4.74 Å². The Morgan fingerprint density at radius 1 is 1.57 bits per heavy atom. The lowest BCUT2D eigenvalue weighted by Crippen LogP contribution is -2.34. The fourth-order valence-electron chi connectivity index (χ4n) is 2.25. The molecule has 8 heteroatoms. The van der Waals surface area contributed by atoms with Crippen molar-refractivity contribution >= 4 is 33.3 Å². The third kappa shape index (κ3) is 4.23. The van der Waals surface area contributed by atoms with E-state index in [9.17, 15) is 17.6 Å². The summed E-state index contributed by atoms with van der Waals surface area (Å²) in [7, 11) is -4.25. The van der Waals surface area contributed by atoms with Gasteiger partial charge in [-0.3, -0.25) is 4.72 Å². The minimum absolute atomic E-state index is 0.0208. The van der Waals surface area contributed by atoms with Gasteiger partial charge >= 0.3 is 5.97 Å². The maximum atomic E-state index is 13.6. The molecule has 0 aromatic heterocycles. The van der Waals surface area contributed by atoms with Crippen molar-refractivity contribution in [1.82, 2.24) is 0 Å². The second-order valence-electron chi connectivity index (χ2n) is 4.82. The van der Waals surface area contributed by atoms with Crippen molar-refractivity contribution in [3.63, 3.8) is 0 Å². The summed E-state index contributed by atoms with van der Waals surface area (Å²) in [6, 6.07) is -2.61. The van der Waals surface area contributed by atoms with Crippen molar-refractivity contribution in [3.8, 4) is 0 Å². The quantitative estimate of drug-likeness (QED) is 0.814. The number of anilines is 1. The molecule has 0 saturated carbocycles. The maximum Gasteiger partial charge on any atom is 0.335 e. The normalized spacial score (nSPS) is 20.0. The van der Waals surface area contributed by atoms with Crippen LogP contribution in [0.1, 0.15) is 30.3 Å². The van der Waals surface area contributed by atoms with Crippen LogP contribution in [0, 0.1) is 5.82 Å². The number of carbonyl (C=O) groups is 1. The first kappa shape index (κ1) is 13.8. The highest BCUT2D eigenvalue weighted by Crippen LogP contribution is 2.30. The van der Waals surface area contributed by atoms with Crippen LogP contribution in [-0.2, 0) is 19.6 Å². The number of ether oxygens (including phenoxy) is 1. The zero-order valence-electron chi connectivity index (χ0n) is 15.3. The molecule has 0 aliphatic heterocycles. The van der Waals surface area contributed by atoms with Crippen molar-refractivity contribution in [2.45, 2.75) is 31.4 Å². The molecule has 126 valence electrons. The van der Waals surface area contributed by atoms with E-state index in [-0.39, 0.29) is 18.6 Å². The second kappa shape index (κ2) is 7.31. The molecule has 0 amide bonds. The summed E-state index contributed by atoms with van der Waals surface area (Å²) in [5.41, 5.74) is -0.579. The predicted octanol–water partition coefficient (Wildman–Crippen LogP) is 3.26. The minimum Gasteiger partial charge on any atom is -0.463 e. The van der Waals surface area contributed by atoms with Crippen LogP contribution in [-0.4, -0.2) is 26.2 Å². The van der Waals surface area contributed by atoms with Crippen LogP contribution in [0.3, 0.4) is 0 Å². The summed E-state index contributed by atoms with van der Waals surface area (Å²) in [5, 5.41) is -1.86. The molecule has 0 heterocycles. The highest BCUT2D eigenvalue weighted by molar-refractivity contribution is 7.93. The molecule has 1 aromatic carbocycles. The van der Waals surface area contributed by atoms with Crippen LogP contribution < -0.4 is 4.72 Å². The number of allylic oxidation sites excluding steroid dienone is 1. The van der Waals surface area contributed by atoms with Gasteiger partial charge in [-0.05, 0) is 44.3 Å². The Hall–Kier alpha value is -1.60. The molecule has 0 bridgehead atoms. The van der Waals surface area contributed by atoms with Crippen LogP contribution in [0.15, 0.2) is 29.8 Å². The van der Waals surface area contributed by atoms with Crippen LogP contribution in [0.5, 0.6) is 0 Å². The van der Waals surface area contributed by atoms with Crippen LogP contribution >= 0.6 is 11.6 Å². The molecule has 1 aliphatic rings. The molecule has 2 rings (SSSR count). The van der Waals surface area contributed by atoms with Gasteiger partial charge in [-0.1, -0.05) is 17.7 Å². The zero-order valence-corrected chi connectivity index (χ0v) is 13.9. The van der Waals surface area contributed by atoms with Crippen LogP contribution in [0.25, 0.3) is 0 Å². The fourth-order valence-corrected chi connectivity index (χ4v) is 4.06. The SMILES string of the molecule is [2H]c1c([2H])c(NS(=O)(=O)[C@@H]2CCCC=C2C(=O)OCC)c(Cl)c([2H])c1F. The number of carbonyl (C=O) groups excluding carboxylic acids is 1. The third-order valence-electron chi connectivity index (χ3n) is 3.25. The van der Waals surface area contributed by atoms with E-state index in [0.717, 1.165) is 0 Å². The van der Waals surface area contributed by atoms with Gasteiger partial charge in [0.25, 0.3) is 0 Å². The largest absolute Gasteiger partial charge is 0.463 e. The van der Waals surface area contributed by atoms with Crippen LogP contribution in [0.4, 0.5) is 10.1 Å². The molecule has 0 unspecified atom stereocenters. The number of sulfonamides is 1. The van der Waals surface area contributed by atoms with E-state index in [1.165, 1.54) is 6.08 Å². The molecule has 0 radical (unpaired) electrons. The number of esters is 1. The molecule has 1 aromatic rings. The molecule has 0 spiro atoms. The van der Waals surface area contributed by atoms with Gasteiger partial charge in [0.1, 0.15) is 11.1 Å². The summed E-state index contributed by atoms with van der Waals surface area (Å²) in [6.45, 7) is 1.68. The second-order valence-corrected chi connectivity index (χ2v) is 7.07. The lowest BCUT2D eigenvalue weighted by atomic mass is 9.99.